The summed E-state index contributed by atoms with van der Waals surface area (Å²) >= 11 is 0. The van der Waals surface area contributed by atoms with E-state index in [1.165, 1.54) is 6.07 Å². The molecule has 0 atom stereocenters. The maximum Gasteiger partial charge on any atom is 0.417 e. The lowest BCUT2D eigenvalue weighted by Crippen LogP contribution is -2.44. The lowest BCUT2D eigenvalue weighted by atomic mass is 10.1. The van der Waals surface area contributed by atoms with E-state index in [9.17, 15) is 13.2 Å². The van der Waals surface area contributed by atoms with Crippen molar-refractivity contribution in [3.63, 3.8) is 0 Å². The van der Waals surface area contributed by atoms with Crippen molar-refractivity contribution in [1.82, 2.24) is 10.3 Å². The number of nitriles is 1. The van der Waals surface area contributed by atoms with Gasteiger partial charge in [-0.1, -0.05) is 0 Å². The molecule has 0 aliphatic rings. The molecule has 0 aliphatic carbocycles. The summed E-state index contributed by atoms with van der Waals surface area (Å²) in [6.07, 6.45) is -3.68. The van der Waals surface area contributed by atoms with Crippen LogP contribution in [-0.2, 0) is 6.18 Å². The summed E-state index contributed by atoms with van der Waals surface area (Å²) in [5.74, 6) is 0.111. The van der Waals surface area contributed by atoms with Gasteiger partial charge in [0.25, 0.3) is 0 Å². The summed E-state index contributed by atoms with van der Waals surface area (Å²) in [5.41, 5.74) is -1.29. The number of hydrogen-bond donors (Lipinski definition) is 1. The van der Waals surface area contributed by atoms with Gasteiger partial charge in [-0.15, -0.1) is 0 Å². The van der Waals surface area contributed by atoms with Crippen molar-refractivity contribution in [2.75, 3.05) is 13.2 Å². The molecule has 0 saturated heterocycles. The highest BCUT2D eigenvalue weighted by Crippen LogP contribution is 2.29. The zero-order chi connectivity index (χ0) is 14.5. The smallest absolute Gasteiger partial charge is 0.417 e. The van der Waals surface area contributed by atoms with Crippen LogP contribution in [0.1, 0.15) is 19.4 Å². The van der Waals surface area contributed by atoms with Gasteiger partial charge in [-0.05, 0) is 19.9 Å². The molecule has 4 nitrogen and oxygen atoms in total. The van der Waals surface area contributed by atoms with Crippen LogP contribution in [0.25, 0.3) is 0 Å². The molecule has 1 heterocycles. The van der Waals surface area contributed by atoms with Crippen molar-refractivity contribution >= 4 is 0 Å². The number of aromatic nitrogens is 1. The fourth-order valence-electron chi connectivity index (χ4n) is 1.22. The Hall–Kier alpha value is -1.81. The Labute approximate surface area is 109 Å². The van der Waals surface area contributed by atoms with E-state index in [1.54, 1.807) is 0 Å². The van der Waals surface area contributed by atoms with Crippen molar-refractivity contribution in [3.05, 3.63) is 23.9 Å². The minimum absolute atomic E-state index is 0.111. The third kappa shape index (κ3) is 5.14. The van der Waals surface area contributed by atoms with Crippen molar-refractivity contribution in [3.8, 4) is 11.9 Å². The Morgan fingerprint density at radius 2 is 2.05 bits per heavy atom. The molecule has 19 heavy (non-hydrogen) atoms. The van der Waals surface area contributed by atoms with Crippen molar-refractivity contribution in [1.29, 1.82) is 5.26 Å². The molecule has 0 aliphatic heterocycles. The number of pyridine rings is 1. The predicted molar refractivity (Wildman–Crippen MR) is 62.4 cm³/mol. The highest BCUT2D eigenvalue weighted by molar-refractivity contribution is 5.20. The van der Waals surface area contributed by atoms with Gasteiger partial charge < -0.3 is 4.74 Å². The zero-order valence-corrected chi connectivity index (χ0v) is 10.6. The largest absolute Gasteiger partial charge is 0.476 e. The van der Waals surface area contributed by atoms with E-state index < -0.39 is 17.3 Å². The molecule has 0 saturated carbocycles. The average Bonchev–Trinajstić information content (AvgIpc) is 2.34. The molecule has 7 heteroatoms. The SMILES string of the molecule is CC(C)(COc1ccc(C(F)(F)F)cn1)NCC#N. The first-order valence-corrected chi connectivity index (χ1v) is 5.53. The standard InChI is InChI=1S/C12H14F3N3O/c1-11(2,18-6-5-16)8-19-10-4-3-9(7-17-10)12(13,14)15/h3-4,7,18H,6,8H2,1-2H3. The number of halogens is 3. The Balaban J connectivity index is 2.57. The molecule has 0 aromatic carbocycles. The molecule has 0 bridgehead atoms. The van der Waals surface area contributed by atoms with E-state index >= 15 is 0 Å². The van der Waals surface area contributed by atoms with Crippen LogP contribution in [0, 0.1) is 11.3 Å². The minimum Gasteiger partial charge on any atom is -0.476 e. The number of alkyl halides is 3. The first-order chi connectivity index (χ1) is 8.74. The highest BCUT2D eigenvalue weighted by atomic mass is 19.4. The van der Waals surface area contributed by atoms with E-state index in [2.05, 4.69) is 10.3 Å². The number of hydrogen-bond acceptors (Lipinski definition) is 4. The normalized spacial score (nSPS) is 12.0. The van der Waals surface area contributed by atoms with Crippen LogP contribution in [0.4, 0.5) is 13.2 Å². The van der Waals surface area contributed by atoms with Crippen LogP contribution in [0.15, 0.2) is 18.3 Å². The summed E-state index contributed by atoms with van der Waals surface area (Å²) in [4.78, 5) is 3.59. The van der Waals surface area contributed by atoms with E-state index in [1.807, 2.05) is 19.9 Å². The zero-order valence-electron chi connectivity index (χ0n) is 10.6. The van der Waals surface area contributed by atoms with Gasteiger partial charge >= 0.3 is 6.18 Å². The van der Waals surface area contributed by atoms with Gasteiger partial charge in [-0.25, -0.2) is 4.98 Å². The second-order valence-corrected chi connectivity index (χ2v) is 4.57. The monoisotopic (exact) mass is 273 g/mol. The molecule has 1 N–H and O–H groups in total. The first kappa shape index (κ1) is 15.2. The van der Waals surface area contributed by atoms with Crippen LogP contribution in [0.2, 0.25) is 0 Å². The Bertz CT molecular complexity index is 449. The van der Waals surface area contributed by atoms with Crippen LogP contribution < -0.4 is 10.1 Å². The molecule has 0 fully saturated rings. The van der Waals surface area contributed by atoms with Crippen LogP contribution in [0.5, 0.6) is 5.88 Å². The topological polar surface area (TPSA) is 57.9 Å². The summed E-state index contributed by atoms with van der Waals surface area (Å²) in [7, 11) is 0. The van der Waals surface area contributed by atoms with E-state index in [4.69, 9.17) is 10.00 Å². The summed E-state index contributed by atoms with van der Waals surface area (Å²) in [5, 5.41) is 11.4. The van der Waals surface area contributed by atoms with Crippen LogP contribution in [-0.4, -0.2) is 23.7 Å². The van der Waals surface area contributed by atoms with Gasteiger partial charge in [0.2, 0.25) is 5.88 Å². The molecule has 1 aromatic heterocycles. The lowest BCUT2D eigenvalue weighted by molar-refractivity contribution is -0.137. The summed E-state index contributed by atoms with van der Waals surface area (Å²) < 4.78 is 42.2. The quantitative estimate of drug-likeness (QED) is 0.837. The van der Waals surface area contributed by atoms with Gasteiger partial charge in [-0.3, -0.25) is 5.32 Å². The van der Waals surface area contributed by atoms with Crippen LogP contribution >= 0.6 is 0 Å². The Morgan fingerprint density at radius 1 is 1.37 bits per heavy atom. The van der Waals surface area contributed by atoms with E-state index in [0.29, 0.717) is 0 Å². The third-order valence-electron chi connectivity index (χ3n) is 2.29. The molecule has 0 unspecified atom stereocenters. The number of nitrogens with one attached hydrogen (secondary N) is 1. The molecule has 104 valence electrons. The molecule has 0 amide bonds. The molecule has 0 spiro atoms. The first-order valence-electron chi connectivity index (χ1n) is 5.53. The fraction of sp³-hybridized carbons (Fsp3) is 0.500. The summed E-state index contributed by atoms with van der Waals surface area (Å²) in [6, 6.07) is 4.02. The molecule has 1 aromatic rings. The van der Waals surface area contributed by atoms with Gasteiger partial charge in [-0.2, -0.15) is 18.4 Å². The highest BCUT2D eigenvalue weighted by Gasteiger charge is 2.30. The number of nitrogens with zero attached hydrogens (tertiary/aromatic N) is 2. The number of rotatable bonds is 5. The maximum atomic E-state index is 12.3. The molecule has 0 radical (unpaired) electrons. The predicted octanol–water partition coefficient (Wildman–Crippen LogP) is 2.37. The number of ether oxygens (including phenoxy) is 1. The third-order valence-corrected chi connectivity index (χ3v) is 2.29. The Morgan fingerprint density at radius 3 is 2.53 bits per heavy atom. The van der Waals surface area contributed by atoms with Gasteiger partial charge in [0, 0.05) is 17.8 Å². The summed E-state index contributed by atoms with van der Waals surface area (Å²) in [6.45, 7) is 3.98. The van der Waals surface area contributed by atoms with Gasteiger partial charge in [0.05, 0.1) is 18.2 Å². The molecule has 1 rings (SSSR count). The lowest BCUT2D eigenvalue weighted by Gasteiger charge is -2.24. The van der Waals surface area contributed by atoms with E-state index in [0.717, 1.165) is 12.3 Å². The van der Waals surface area contributed by atoms with E-state index in [-0.39, 0.29) is 19.0 Å². The minimum atomic E-state index is -4.40. The second kappa shape index (κ2) is 5.89. The van der Waals surface area contributed by atoms with Crippen molar-refractivity contribution in [2.24, 2.45) is 0 Å². The van der Waals surface area contributed by atoms with Gasteiger partial charge in [0.15, 0.2) is 0 Å². The maximum absolute atomic E-state index is 12.3. The molecular formula is C12H14F3N3O. The van der Waals surface area contributed by atoms with Gasteiger partial charge in [0.1, 0.15) is 6.61 Å². The molecular weight excluding hydrogens is 259 g/mol. The Kier molecular flexibility index (Phi) is 4.72. The van der Waals surface area contributed by atoms with Crippen LogP contribution in [0.3, 0.4) is 0 Å². The van der Waals surface area contributed by atoms with Crippen molar-refractivity contribution < 1.29 is 17.9 Å². The van der Waals surface area contributed by atoms with Crippen molar-refractivity contribution in [2.45, 2.75) is 25.6 Å². The second-order valence-electron chi connectivity index (χ2n) is 4.57. The fourth-order valence-corrected chi connectivity index (χ4v) is 1.22. The average molecular weight is 273 g/mol.